The standard InChI is InChI=1S/C16H16BrNO3S/c1-10(2)13-9-14(11(3)15(17)16(13)19)18-22(20,21)12-7-5-4-6-8-12/h4-10H,1-3H3/b18-14+. The molecule has 0 bridgehead atoms. The van der Waals surface area contributed by atoms with E-state index < -0.39 is 10.0 Å². The zero-order chi connectivity index (χ0) is 16.5. The maximum absolute atomic E-state index is 12.4. The number of allylic oxidation sites excluding steroid dienone is 4. The topological polar surface area (TPSA) is 63.6 Å². The Morgan fingerprint density at radius 3 is 2.27 bits per heavy atom. The van der Waals surface area contributed by atoms with Crippen LogP contribution in [0.4, 0.5) is 0 Å². The molecule has 0 fully saturated rings. The van der Waals surface area contributed by atoms with Gasteiger partial charge in [0.1, 0.15) is 0 Å². The second kappa shape index (κ2) is 6.30. The quantitative estimate of drug-likeness (QED) is 0.750. The summed E-state index contributed by atoms with van der Waals surface area (Å²) in [6, 6.07) is 8.02. The average Bonchev–Trinajstić information content (AvgIpc) is 2.48. The van der Waals surface area contributed by atoms with Crippen molar-refractivity contribution >= 4 is 37.4 Å². The van der Waals surface area contributed by atoms with Crippen LogP contribution in [-0.4, -0.2) is 19.9 Å². The Morgan fingerprint density at radius 1 is 1.14 bits per heavy atom. The monoisotopic (exact) mass is 381 g/mol. The lowest BCUT2D eigenvalue weighted by molar-refractivity contribution is -0.112. The maximum atomic E-state index is 12.4. The van der Waals surface area contributed by atoms with Gasteiger partial charge in [-0.15, -0.1) is 0 Å². The molecule has 2 rings (SSSR count). The predicted octanol–water partition coefficient (Wildman–Crippen LogP) is 3.65. The van der Waals surface area contributed by atoms with Gasteiger partial charge in [-0.3, -0.25) is 4.79 Å². The number of ketones is 1. The number of carbonyl (C=O) groups excluding carboxylic acids is 1. The molecule has 0 saturated carbocycles. The Hall–Kier alpha value is -1.53. The molecule has 6 heteroatoms. The Kier molecular flexibility index (Phi) is 4.82. The molecule has 1 aliphatic rings. The van der Waals surface area contributed by atoms with E-state index >= 15 is 0 Å². The summed E-state index contributed by atoms with van der Waals surface area (Å²) >= 11 is 3.25. The summed E-state index contributed by atoms with van der Waals surface area (Å²) in [6.45, 7) is 5.44. The molecule has 0 amide bonds. The highest BCUT2D eigenvalue weighted by atomic mass is 79.9. The summed E-state index contributed by atoms with van der Waals surface area (Å²) in [5.41, 5.74) is 1.35. The smallest absolute Gasteiger partial charge is 0.282 e. The van der Waals surface area contributed by atoms with Crippen LogP contribution in [0.25, 0.3) is 0 Å². The van der Waals surface area contributed by atoms with E-state index in [0.717, 1.165) is 0 Å². The fourth-order valence-electron chi connectivity index (χ4n) is 2.03. The van der Waals surface area contributed by atoms with Crippen LogP contribution in [0, 0.1) is 5.92 Å². The van der Waals surface area contributed by atoms with Gasteiger partial charge in [0.15, 0.2) is 5.78 Å². The Labute approximate surface area is 138 Å². The van der Waals surface area contributed by atoms with E-state index in [1.807, 2.05) is 13.8 Å². The first-order valence-electron chi connectivity index (χ1n) is 6.77. The molecule has 116 valence electrons. The lowest BCUT2D eigenvalue weighted by Crippen LogP contribution is -2.19. The zero-order valence-electron chi connectivity index (χ0n) is 12.5. The largest absolute Gasteiger partial charge is 0.288 e. The molecule has 0 spiro atoms. The maximum Gasteiger partial charge on any atom is 0.282 e. The van der Waals surface area contributed by atoms with Gasteiger partial charge in [0.05, 0.1) is 15.1 Å². The molecule has 0 saturated heterocycles. The van der Waals surface area contributed by atoms with Crippen LogP contribution in [-0.2, 0) is 14.8 Å². The van der Waals surface area contributed by atoms with E-state index in [-0.39, 0.29) is 16.6 Å². The van der Waals surface area contributed by atoms with Gasteiger partial charge in [-0.05, 0) is 52.6 Å². The van der Waals surface area contributed by atoms with Gasteiger partial charge in [0.25, 0.3) is 10.0 Å². The predicted molar refractivity (Wildman–Crippen MR) is 90.6 cm³/mol. The van der Waals surface area contributed by atoms with Crippen molar-refractivity contribution < 1.29 is 13.2 Å². The van der Waals surface area contributed by atoms with Crippen molar-refractivity contribution in [3.63, 3.8) is 0 Å². The van der Waals surface area contributed by atoms with Gasteiger partial charge >= 0.3 is 0 Å². The van der Waals surface area contributed by atoms with E-state index in [2.05, 4.69) is 20.3 Å². The van der Waals surface area contributed by atoms with Gasteiger partial charge < -0.3 is 0 Å². The first-order valence-corrected chi connectivity index (χ1v) is 9.00. The molecular weight excluding hydrogens is 366 g/mol. The number of rotatable bonds is 3. The molecule has 0 aromatic heterocycles. The van der Waals surface area contributed by atoms with Crippen molar-refractivity contribution in [2.75, 3.05) is 0 Å². The molecular formula is C16H16BrNO3S. The van der Waals surface area contributed by atoms with Crippen molar-refractivity contribution in [2.45, 2.75) is 25.7 Å². The van der Waals surface area contributed by atoms with E-state index in [0.29, 0.717) is 21.3 Å². The molecule has 0 unspecified atom stereocenters. The molecule has 1 aromatic carbocycles. The van der Waals surface area contributed by atoms with E-state index in [4.69, 9.17) is 0 Å². The molecule has 0 N–H and O–H groups in total. The fourth-order valence-corrected chi connectivity index (χ4v) is 3.52. The van der Waals surface area contributed by atoms with Crippen LogP contribution in [0.5, 0.6) is 0 Å². The van der Waals surface area contributed by atoms with Gasteiger partial charge in [0, 0.05) is 5.57 Å². The van der Waals surface area contributed by atoms with Crippen LogP contribution < -0.4 is 0 Å². The molecule has 1 aromatic rings. The Balaban J connectivity index is 2.57. The van der Waals surface area contributed by atoms with Crippen LogP contribution in [0.15, 0.2) is 61.3 Å². The number of sulfonamides is 1. The van der Waals surface area contributed by atoms with Crippen LogP contribution >= 0.6 is 15.9 Å². The van der Waals surface area contributed by atoms with E-state index in [1.54, 1.807) is 31.2 Å². The number of halogens is 1. The van der Waals surface area contributed by atoms with Crippen molar-refractivity contribution in [3.8, 4) is 0 Å². The summed E-state index contributed by atoms with van der Waals surface area (Å²) in [5, 5.41) is 0. The summed E-state index contributed by atoms with van der Waals surface area (Å²) in [4.78, 5) is 12.3. The van der Waals surface area contributed by atoms with Gasteiger partial charge in [-0.2, -0.15) is 12.8 Å². The van der Waals surface area contributed by atoms with Crippen LogP contribution in [0.3, 0.4) is 0 Å². The number of carbonyl (C=O) groups is 1. The van der Waals surface area contributed by atoms with Crippen molar-refractivity contribution in [2.24, 2.45) is 10.3 Å². The fraction of sp³-hybridized carbons (Fsp3) is 0.250. The molecule has 0 heterocycles. The second-order valence-electron chi connectivity index (χ2n) is 5.29. The Morgan fingerprint density at radius 2 is 1.73 bits per heavy atom. The lowest BCUT2D eigenvalue weighted by atomic mass is 9.90. The summed E-state index contributed by atoms with van der Waals surface area (Å²) in [7, 11) is -3.81. The van der Waals surface area contributed by atoms with Gasteiger partial charge in [0.2, 0.25) is 0 Å². The minimum atomic E-state index is -3.81. The molecule has 4 nitrogen and oxygen atoms in total. The number of nitrogens with zero attached hydrogens (tertiary/aromatic N) is 1. The molecule has 1 aliphatic carbocycles. The summed E-state index contributed by atoms with van der Waals surface area (Å²) < 4.78 is 29.0. The van der Waals surface area contributed by atoms with E-state index in [1.165, 1.54) is 12.1 Å². The minimum Gasteiger partial charge on any atom is -0.288 e. The summed E-state index contributed by atoms with van der Waals surface area (Å²) in [5.74, 6) is -0.138. The molecule has 22 heavy (non-hydrogen) atoms. The molecule has 0 radical (unpaired) electrons. The average molecular weight is 382 g/mol. The highest BCUT2D eigenvalue weighted by Gasteiger charge is 2.26. The van der Waals surface area contributed by atoms with Crippen molar-refractivity contribution in [1.82, 2.24) is 0 Å². The number of benzene rings is 1. The highest BCUT2D eigenvalue weighted by molar-refractivity contribution is 9.12. The number of hydrogen-bond donors (Lipinski definition) is 0. The first kappa shape index (κ1) is 16.8. The third-order valence-corrected chi connectivity index (χ3v) is 5.61. The van der Waals surface area contributed by atoms with Gasteiger partial charge in [-0.25, -0.2) is 0 Å². The minimum absolute atomic E-state index is 0.0159. The molecule has 0 atom stereocenters. The summed E-state index contributed by atoms with van der Waals surface area (Å²) in [6.07, 6.45) is 1.56. The van der Waals surface area contributed by atoms with Crippen molar-refractivity contribution in [1.29, 1.82) is 0 Å². The Bertz CT molecular complexity index is 803. The zero-order valence-corrected chi connectivity index (χ0v) is 14.9. The van der Waals surface area contributed by atoms with Crippen LogP contribution in [0.2, 0.25) is 0 Å². The third kappa shape index (κ3) is 3.28. The normalized spacial score (nSPS) is 18.1. The SMILES string of the molecule is CC1=C(Br)C(=O)C(C(C)C)=C/C1=N\S(=O)(=O)c1ccccc1. The highest BCUT2D eigenvalue weighted by Crippen LogP contribution is 2.29. The lowest BCUT2D eigenvalue weighted by Gasteiger charge is -2.18. The first-order chi connectivity index (χ1) is 10.2. The van der Waals surface area contributed by atoms with Crippen molar-refractivity contribution in [3.05, 3.63) is 52.0 Å². The van der Waals surface area contributed by atoms with Gasteiger partial charge in [-0.1, -0.05) is 32.0 Å². The van der Waals surface area contributed by atoms with Crippen LogP contribution in [0.1, 0.15) is 20.8 Å². The third-order valence-electron chi connectivity index (χ3n) is 3.35. The number of hydrogen-bond acceptors (Lipinski definition) is 3. The number of Topliss-reactive ketones (excluding diaryl/α,β-unsaturated/α-hetero) is 1. The molecule has 0 aliphatic heterocycles. The van der Waals surface area contributed by atoms with E-state index in [9.17, 15) is 13.2 Å². The second-order valence-corrected chi connectivity index (χ2v) is 7.68.